The minimum Gasteiger partial charge on any atom is -0.303 e. The number of aromatic nitrogens is 2. The van der Waals surface area contributed by atoms with E-state index in [2.05, 4.69) is 4.98 Å². The second kappa shape index (κ2) is 4.49. The van der Waals surface area contributed by atoms with Gasteiger partial charge in [-0.3, -0.25) is 4.79 Å². The molecule has 0 N–H and O–H groups in total. The summed E-state index contributed by atoms with van der Waals surface area (Å²) in [6, 6.07) is 7.24. The van der Waals surface area contributed by atoms with Crippen LogP contribution in [0.3, 0.4) is 0 Å². The summed E-state index contributed by atoms with van der Waals surface area (Å²) >= 11 is 5.55. The maximum atomic E-state index is 11.3. The van der Waals surface area contributed by atoms with Crippen LogP contribution in [-0.2, 0) is 6.42 Å². The first-order chi connectivity index (χ1) is 7.74. The number of para-hydroxylation sites is 1. The average Bonchev–Trinajstić information content (AvgIpc) is 2.76. The van der Waals surface area contributed by atoms with Crippen molar-refractivity contribution in [3.8, 4) is 5.69 Å². The van der Waals surface area contributed by atoms with Crippen LogP contribution in [0.25, 0.3) is 5.69 Å². The molecule has 1 aromatic carbocycles. The highest BCUT2D eigenvalue weighted by Gasteiger charge is 2.11. The minimum atomic E-state index is -0.452. The van der Waals surface area contributed by atoms with Gasteiger partial charge in [0.15, 0.2) is 0 Å². The van der Waals surface area contributed by atoms with Gasteiger partial charge in [0.2, 0.25) is 0 Å². The van der Waals surface area contributed by atoms with Gasteiger partial charge in [-0.25, -0.2) is 4.98 Å². The fourth-order valence-corrected chi connectivity index (χ4v) is 1.82. The molecule has 0 bridgehead atoms. The van der Waals surface area contributed by atoms with Crippen LogP contribution in [0.5, 0.6) is 0 Å². The molecule has 0 spiro atoms. The van der Waals surface area contributed by atoms with Gasteiger partial charge in [-0.1, -0.05) is 19.1 Å². The van der Waals surface area contributed by atoms with Gasteiger partial charge in [-0.2, -0.15) is 0 Å². The van der Waals surface area contributed by atoms with Crippen molar-refractivity contribution >= 4 is 16.8 Å². The Labute approximate surface area is 98.7 Å². The summed E-state index contributed by atoms with van der Waals surface area (Å²) < 4.78 is 1.88. The predicted octanol–water partition coefficient (Wildman–Crippen LogP) is 2.81. The maximum absolute atomic E-state index is 11.3. The molecule has 0 unspecified atom stereocenters. The van der Waals surface area contributed by atoms with E-state index in [1.165, 1.54) is 0 Å². The van der Waals surface area contributed by atoms with Crippen molar-refractivity contribution < 1.29 is 4.79 Å². The number of benzene rings is 1. The van der Waals surface area contributed by atoms with E-state index in [1.54, 1.807) is 18.3 Å². The third kappa shape index (κ3) is 1.86. The number of carbonyl (C=O) groups excluding carboxylic acids is 1. The topological polar surface area (TPSA) is 34.9 Å². The molecule has 0 fully saturated rings. The summed E-state index contributed by atoms with van der Waals surface area (Å²) in [4.78, 5) is 15.5. The smallest absolute Gasteiger partial charge is 0.254 e. The van der Waals surface area contributed by atoms with Gasteiger partial charge in [-0.05, 0) is 23.7 Å². The highest BCUT2D eigenvalue weighted by atomic mass is 35.5. The number of halogens is 1. The van der Waals surface area contributed by atoms with Crippen LogP contribution in [-0.4, -0.2) is 14.8 Å². The summed E-state index contributed by atoms with van der Waals surface area (Å²) in [5.41, 5.74) is 1.27. The highest BCUT2D eigenvalue weighted by molar-refractivity contribution is 6.68. The molecule has 2 aromatic rings. The number of hydrogen-bond donors (Lipinski definition) is 0. The molecule has 16 heavy (non-hydrogen) atoms. The summed E-state index contributed by atoms with van der Waals surface area (Å²) in [6.45, 7) is 2.02. The molecule has 0 atom stereocenters. The molecule has 2 rings (SSSR count). The lowest BCUT2D eigenvalue weighted by atomic mass is 10.2. The molecule has 0 radical (unpaired) electrons. The van der Waals surface area contributed by atoms with Crippen LogP contribution >= 0.6 is 11.6 Å². The van der Waals surface area contributed by atoms with Gasteiger partial charge in [0.25, 0.3) is 5.24 Å². The average molecular weight is 235 g/mol. The van der Waals surface area contributed by atoms with Crippen molar-refractivity contribution in [1.29, 1.82) is 0 Å². The largest absolute Gasteiger partial charge is 0.303 e. The monoisotopic (exact) mass is 234 g/mol. The van der Waals surface area contributed by atoms with Crippen molar-refractivity contribution in [2.45, 2.75) is 13.3 Å². The summed E-state index contributed by atoms with van der Waals surface area (Å²) in [7, 11) is 0. The SMILES string of the molecule is CCc1nccn1-c1ccccc1C(=O)Cl. The van der Waals surface area contributed by atoms with Crippen molar-refractivity contribution in [2.75, 3.05) is 0 Å². The number of imidazole rings is 1. The molecule has 0 aliphatic heterocycles. The predicted molar refractivity (Wildman–Crippen MR) is 63.1 cm³/mol. The quantitative estimate of drug-likeness (QED) is 0.766. The third-order valence-electron chi connectivity index (χ3n) is 2.41. The first kappa shape index (κ1) is 10.9. The third-order valence-corrected chi connectivity index (χ3v) is 2.61. The molecule has 0 aliphatic rings. The second-order valence-corrected chi connectivity index (χ2v) is 3.70. The van der Waals surface area contributed by atoms with E-state index in [9.17, 15) is 4.79 Å². The minimum absolute atomic E-state index is 0.452. The number of carbonyl (C=O) groups is 1. The van der Waals surface area contributed by atoms with E-state index in [1.807, 2.05) is 29.8 Å². The molecular weight excluding hydrogens is 224 g/mol. The van der Waals surface area contributed by atoms with Crippen LogP contribution in [0, 0.1) is 0 Å². The first-order valence-corrected chi connectivity index (χ1v) is 5.43. The van der Waals surface area contributed by atoms with Gasteiger partial charge >= 0.3 is 0 Å². The molecule has 0 amide bonds. The molecule has 0 saturated carbocycles. The van der Waals surface area contributed by atoms with Crippen molar-refractivity contribution in [3.63, 3.8) is 0 Å². The highest BCUT2D eigenvalue weighted by Crippen LogP contribution is 2.18. The van der Waals surface area contributed by atoms with Crippen molar-refractivity contribution in [1.82, 2.24) is 9.55 Å². The summed E-state index contributed by atoms with van der Waals surface area (Å²) in [5, 5.41) is -0.452. The Morgan fingerprint density at radius 1 is 1.44 bits per heavy atom. The fourth-order valence-electron chi connectivity index (χ4n) is 1.67. The molecule has 82 valence electrons. The Hall–Kier alpha value is -1.61. The van der Waals surface area contributed by atoms with Crippen LogP contribution in [0.15, 0.2) is 36.7 Å². The number of rotatable bonds is 3. The van der Waals surface area contributed by atoms with Crippen molar-refractivity contribution in [3.05, 3.63) is 48.0 Å². The zero-order valence-corrected chi connectivity index (χ0v) is 9.61. The molecule has 3 nitrogen and oxygen atoms in total. The van der Waals surface area contributed by atoms with Gasteiger partial charge in [0.05, 0.1) is 11.3 Å². The molecule has 0 aliphatic carbocycles. The summed E-state index contributed by atoms with van der Waals surface area (Å²) in [5.74, 6) is 0.908. The Bertz CT molecular complexity index is 519. The van der Waals surface area contributed by atoms with E-state index in [-0.39, 0.29) is 0 Å². The molecule has 1 heterocycles. The van der Waals surface area contributed by atoms with Gasteiger partial charge in [0.1, 0.15) is 5.82 Å². The number of aryl methyl sites for hydroxylation is 1. The normalized spacial score (nSPS) is 10.4. The number of hydrogen-bond acceptors (Lipinski definition) is 2. The lowest BCUT2D eigenvalue weighted by Crippen LogP contribution is -2.04. The van der Waals surface area contributed by atoms with E-state index in [0.717, 1.165) is 17.9 Å². The van der Waals surface area contributed by atoms with Crippen molar-refractivity contribution in [2.24, 2.45) is 0 Å². The van der Waals surface area contributed by atoms with Crippen LogP contribution in [0.4, 0.5) is 0 Å². The second-order valence-electron chi connectivity index (χ2n) is 3.36. The van der Waals surface area contributed by atoms with E-state index in [4.69, 9.17) is 11.6 Å². The molecule has 4 heteroatoms. The van der Waals surface area contributed by atoms with Gasteiger partial charge in [-0.15, -0.1) is 0 Å². The van der Waals surface area contributed by atoms with Gasteiger partial charge in [0, 0.05) is 18.8 Å². The van der Waals surface area contributed by atoms with E-state index in [0.29, 0.717) is 5.56 Å². The Morgan fingerprint density at radius 2 is 2.19 bits per heavy atom. The molecule has 1 aromatic heterocycles. The zero-order chi connectivity index (χ0) is 11.5. The summed E-state index contributed by atoms with van der Waals surface area (Å²) in [6.07, 6.45) is 4.35. The fraction of sp³-hybridized carbons (Fsp3) is 0.167. The first-order valence-electron chi connectivity index (χ1n) is 5.05. The number of nitrogens with zero attached hydrogens (tertiary/aromatic N) is 2. The lowest BCUT2D eigenvalue weighted by molar-refractivity contribution is 0.108. The molecular formula is C12H11ClN2O. The van der Waals surface area contributed by atoms with E-state index >= 15 is 0 Å². The molecule has 0 saturated heterocycles. The Morgan fingerprint density at radius 3 is 2.88 bits per heavy atom. The standard InChI is InChI=1S/C12H11ClN2O/c1-2-11-14-7-8-15(11)10-6-4-3-5-9(10)12(13)16/h3-8H,2H2,1H3. The Balaban J connectivity index is 2.60. The van der Waals surface area contributed by atoms with Crippen LogP contribution in [0.1, 0.15) is 23.1 Å². The maximum Gasteiger partial charge on any atom is 0.254 e. The Kier molecular flexibility index (Phi) is 3.06. The van der Waals surface area contributed by atoms with E-state index < -0.39 is 5.24 Å². The van der Waals surface area contributed by atoms with Crippen LogP contribution in [0.2, 0.25) is 0 Å². The lowest BCUT2D eigenvalue weighted by Gasteiger charge is -2.09. The van der Waals surface area contributed by atoms with Crippen LogP contribution < -0.4 is 0 Å². The van der Waals surface area contributed by atoms with Gasteiger partial charge < -0.3 is 4.57 Å². The zero-order valence-electron chi connectivity index (χ0n) is 8.85.